The molecule has 0 nitrogen and oxygen atoms in total. The number of hydrogen-bond donors (Lipinski definition) is 0. The quantitative estimate of drug-likeness (QED) is 0.377. The molecule has 3 rings (SSSR count). The van der Waals surface area contributed by atoms with E-state index in [1.807, 2.05) is 0 Å². The Bertz CT molecular complexity index is 968. The summed E-state index contributed by atoms with van der Waals surface area (Å²) >= 11 is 0. The van der Waals surface area contributed by atoms with Crippen LogP contribution in [0.1, 0.15) is 56.9 Å². The van der Waals surface area contributed by atoms with Crippen molar-refractivity contribution in [3.05, 3.63) is 53.1 Å². The lowest BCUT2D eigenvalue weighted by Crippen LogP contribution is -2.15. The molecule has 0 unspecified atom stereocenters. The van der Waals surface area contributed by atoms with Crippen LogP contribution in [0.2, 0.25) is 0 Å². The summed E-state index contributed by atoms with van der Waals surface area (Å²) in [6.45, 7) is 2.06. The van der Waals surface area contributed by atoms with Gasteiger partial charge in [-0.3, -0.25) is 0 Å². The van der Waals surface area contributed by atoms with Crippen molar-refractivity contribution in [2.45, 2.75) is 56.3 Å². The molecule has 0 N–H and O–H groups in total. The van der Waals surface area contributed by atoms with Gasteiger partial charge in [0.25, 0.3) is 0 Å². The molecule has 31 heavy (non-hydrogen) atoms. The molecule has 0 amide bonds. The van der Waals surface area contributed by atoms with Crippen LogP contribution in [0, 0.1) is 29.2 Å². The first-order valence-electron chi connectivity index (χ1n) is 9.83. The van der Waals surface area contributed by atoms with E-state index >= 15 is 0 Å². The molecule has 0 heterocycles. The third-order valence-corrected chi connectivity index (χ3v) is 6.95. The first-order chi connectivity index (χ1) is 14.1. The van der Waals surface area contributed by atoms with Crippen molar-refractivity contribution in [2.75, 3.05) is 0 Å². The Labute approximate surface area is 174 Å². The number of halogens is 9. The van der Waals surface area contributed by atoms with Gasteiger partial charge in [0, 0.05) is 5.56 Å². The maximum atomic E-state index is 14.7. The van der Waals surface area contributed by atoms with Crippen molar-refractivity contribution in [1.82, 2.24) is 0 Å². The Balaban J connectivity index is 1.96. The molecule has 1 aliphatic rings. The lowest BCUT2D eigenvalue weighted by molar-refractivity contribution is 0.303. The van der Waals surface area contributed by atoms with Crippen molar-refractivity contribution in [3.8, 4) is 11.1 Å². The predicted octanol–water partition coefficient (Wildman–Crippen LogP) is 9.64. The summed E-state index contributed by atoms with van der Waals surface area (Å²) in [5.74, 6) is -7.66. The van der Waals surface area contributed by atoms with Crippen LogP contribution >= 0.6 is 10.2 Å². The van der Waals surface area contributed by atoms with E-state index < -0.39 is 49.5 Å². The van der Waals surface area contributed by atoms with Gasteiger partial charge in [0.15, 0.2) is 16.5 Å². The maximum absolute atomic E-state index is 14.7. The van der Waals surface area contributed by atoms with Crippen LogP contribution in [0.25, 0.3) is 11.1 Å². The van der Waals surface area contributed by atoms with E-state index in [-0.39, 0.29) is 23.6 Å². The van der Waals surface area contributed by atoms with Crippen molar-refractivity contribution < 1.29 is 37.0 Å². The van der Waals surface area contributed by atoms with Gasteiger partial charge in [-0.25, -0.2) is 17.6 Å². The third-order valence-electron chi connectivity index (χ3n) is 5.79. The molecule has 10 heteroatoms. The topological polar surface area (TPSA) is 0 Å². The summed E-state index contributed by atoms with van der Waals surface area (Å²) in [6.07, 6.45) is 5.07. The van der Waals surface area contributed by atoms with E-state index in [2.05, 4.69) is 6.92 Å². The molecular weight excluding hydrogens is 455 g/mol. The molecule has 174 valence electrons. The van der Waals surface area contributed by atoms with Crippen LogP contribution < -0.4 is 0 Å². The van der Waals surface area contributed by atoms with Gasteiger partial charge in [0.2, 0.25) is 0 Å². The monoisotopic (exact) mass is 476 g/mol. The molecule has 1 fully saturated rings. The van der Waals surface area contributed by atoms with Crippen molar-refractivity contribution >= 4 is 10.2 Å². The minimum absolute atomic E-state index is 0.0657. The van der Waals surface area contributed by atoms with Gasteiger partial charge in [0.05, 0.1) is 0 Å². The van der Waals surface area contributed by atoms with E-state index in [1.165, 1.54) is 6.07 Å². The summed E-state index contributed by atoms with van der Waals surface area (Å²) in [6, 6.07) is 2.10. The second kappa shape index (κ2) is 7.35. The summed E-state index contributed by atoms with van der Waals surface area (Å²) < 4.78 is 121. The van der Waals surface area contributed by atoms with Crippen LogP contribution in [0.15, 0.2) is 29.2 Å². The van der Waals surface area contributed by atoms with E-state index in [1.54, 1.807) is 0 Å². The normalized spacial score (nSPS) is 22.1. The van der Waals surface area contributed by atoms with Gasteiger partial charge in [-0.1, -0.05) is 51.3 Å². The molecule has 1 aliphatic carbocycles. The average Bonchev–Trinajstić information content (AvgIpc) is 2.62. The fourth-order valence-corrected chi connectivity index (χ4v) is 5.21. The molecular formula is C21H21F9S. The van der Waals surface area contributed by atoms with Crippen LogP contribution in [-0.4, -0.2) is 0 Å². The minimum Gasteiger partial charge on any atom is -0.205 e. The lowest BCUT2D eigenvalue weighted by Gasteiger charge is -2.40. The zero-order chi connectivity index (χ0) is 23.3. The molecule has 0 spiro atoms. The van der Waals surface area contributed by atoms with Gasteiger partial charge >= 0.3 is 10.2 Å². The van der Waals surface area contributed by atoms with E-state index in [4.69, 9.17) is 0 Å². The van der Waals surface area contributed by atoms with E-state index in [9.17, 15) is 37.0 Å². The van der Waals surface area contributed by atoms with Crippen LogP contribution in [0.5, 0.6) is 0 Å². The predicted molar refractivity (Wildman–Crippen MR) is 103 cm³/mol. The van der Waals surface area contributed by atoms with Crippen molar-refractivity contribution in [1.29, 1.82) is 0 Å². The Morgan fingerprint density at radius 2 is 1.35 bits per heavy atom. The first kappa shape index (κ1) is 23.8. The van der Waals surface area contributed by atoms with Gasteiger partial charge in [0.1, 0.15) is 11.6 Å². The Morgan fingerprint density at radius 3 is 1.84 bits per heavy atom. The number of rotatable bonds is 5. The fourth-order valence-electron chi connectivity index (χ4n) is 4.36. The first-order valence-corrected chi connectivity index (χ1v) is 11.8. The van der Waals surface area contributed by atoms with Crippen LogP contribution in [-0.2, 0) is 0 Å². The lowest BCUT2D eigenvalue weighted by atomic mass is 9.77. The van der Waals surface area contributed by atoms with Gasteiger partial charge in [-0.15, -0.1) is 0 Å². The molecule has 0 bridgehead atoms. The zero-order valence-corrected chi connectivity index (χ0v) is 17.3. The molecule has 2 aromatic rings. The molecule has 1 saturated carbocycles. The van der Waals surface area contributed by atoms with Crippen LogP contribution in [0.3, 0.4) is 0 Å². The summed E-state index contributed by atoms with van der Waals surface area (Å²) in [7, 11) is -10.7. The molecule has 0 aromatic heterocycles. The highest BCUT2D eigenvalue weighted by Gasteiger charge is 2.68. The number of hydrogen-bond acceptors (Lipinski definition) is 0. The van der Waals surface area contributed by atoms with Gasteiger partial charge < -0.3 is 0 Å². The smallest absolute Gasteiger partial charge is 0.205 e. The van der Waals surface area contributed by atoms with Crippen LogP contribution in [0.4, 0.5) is 37.0 Å². The Hall–Kier alpha value is -1.84. The fraction of sp³-hybridized carbons (Fsp3) is 0.429. The molecule has 0 aliphatic heterocycles. The molecule has 0 saturated heterocycles. The maximum Gasteiger partial charge on any atom is 0.315 e. The Kier molecular flexibility index (Phi) is 5.65. The van der Waals surface area contributed by atoms with Crippen molar-refractivity contribution in [2.24, 2.45) is 5.92 Å². The average molecular weight is 476 g/mol. The zero-order valence-electron chi connectivity index (χ0n) is 16.5. The second-order valence-corrected chi connectivity index (χ2v) is 10.4. The Morgan fingerprint density at radius 1 is 0.806 bits per heavy atom. The summed E-state index contributed by atoms with van der Waals surface area (Å²) in [4.78, 5) is -3.30. The molecule has 0 radical (unpaired) electrons. The van der Waals surface area contributed by atoms with E-state index in [0.717, 1.165) is 31.7 Å². The highest BCUT2D eigenvalue weighted by Crippen LogP contribution is 3.02. The SMILES string of the molecule is CCCC1CCC(c2ccc(-c3cc(F)c(S(F)(F)(F)(F)F)c(F)c3)c(F)c2F)CC1. The third kappa shape index (κ3) is 4.99. The highest BCUT2D eigenvalue weighted by atomic mass is 32.5. The number of benzene rings is 2. The standard InChI is InChI=1S/C21H21F9S/c1-2-3-12-4-6-13(7-5-12)15-8-9-16(20(25)19(15)24)14-10-17(22)21(18(23)11-14)31(26,27,28,29)30/h8-13H,2-7H2,1H3. The highest BCUT2D eigenvalue weighted by molar-refractivity contribution is 8.45. The molecule has 0 atom stereocenters. The second-order valence-electron chi connectivity index (χ2n) is 8.07. The van der Waals surface area contributed by atoms with Crippen molar-refractivity contribution in [3.63, 3.8) is 0 Å². The minimum atomic E-state index is -10.7. The van der Waals surface area contributed by atoms with E-state index in [0.29, 0.717) is 18.8 Å². The summed E-state index contributed by atoms with van der Waals surface area (Å²) in [5.41, 5.74) is -1.44. The molecule has 2 aromatic carbocycles. The van der Waals surface area contributed by atoms with Gasteiger partial charge in [-0.05, 0) is 60.8 Å². The van der Waals surface area contributed by atoms with Gasteiger partial charge in [-0.2, -0.15) is 0 Å². The summed E-state index contributed by atoms with van der Waals surface area (Å²) in [5, 5.41) is 0. The largest absolute Gasteiger partial charge is 0.315 e.